The molecule has 0 aromatic carbocycles. The minimum atomic E-state index is -1.06. The van der Waals surface area contributed by atoms with Gasteiger partial charge in [-0.15, -0.1) is 0 Å². The summed E-state index contributed by atoms with van der Waals surface area (Å²) in [7, 11) is 0. The van der Waals surface area contributed by atoms with Gasteiger partial charge in [-0.25, -0.2) is 14.2 Å². The Kier molecular flexibility index (Phi) is 7.52. The zero-order chi connectivity index (χ0) is 26.1. The van der Waals surface area contributed by atoms with Crippen LogP contribution < -0.4 is 19.6 Å². The molecule has 37 heavy (non-hydrogen) atoms. The van der Waals surface area contributed by atoms with Crippen LogP contribution in [-0.2, 0) is 4.74 Å². The van der Waals surface area contributed by atoms with Gasteiger partial charge in [-0.2, -0.15) is 9.97 Å². The number of carboxylic acid groups (broad SMARTS) is 1. The number of anilines is 4. The number of hydrogen-bond acceptors (Lipinski definition) is 9. The van der Waals surface area contributed by atoms with Crippen molar-refractivity contribution in [2.75, 3.05) is 72.1 Å². The third-order valence-electron chi connectivity index (χ3n) is 7.35. The second-order valence-electron chi connectivity index (χ2n) is 9.99. The van der Waals surface area contributed by atoms with Crippen LogP contribution in [-0.4, -0.2) is 96.8 Å². The van der Waals surface area contributed by atoms with Crippen molar-refractivity contribution in [3.63, 3.8) is 0 Å². The number of aromatic nitrogens is 3. The lowest BCUT2D eigenvalue weighted by Gasteiger charge is -2.42. The fourth-order valence-corrected chi connectivity index (χ4v) is 5.51. The molecule has 1 N–H and O–H groups in total. The molecular weight excluding hydrogens is 501 g/mol. The summed E-state index contributed by atoms with van der Waals surface area (Å²) in [6, 6.07) is 3.70. The summed E-state index contributed by atoms with van der Waals surface area (Å²) >= 11 is 6.40. The molecular formula is C25H33ClFN7O3. The van der Waals surface area contributed by atoms with Crippen molar-refractivity contribution in [3.8, 4) is 0 Å². The van der Waals surface area contributed by atoms with Crippen LogP contribution in [0, 0.1) is 0 Å². The van der Waals surface area contributed by atoms with Crippen LogP contribution in [0.5, 0.6) is 0 Å². The smallest absolute Gasteiger partial charge is 0.337 e. The number of pyridine rings is 1. The number of carbonyl (C=O) groups is 1. The average molecular weight is 534 g/mol. The Morgan fingerprint density at radius 2 is 1.78 bits per heavy atom. The highest BCUT2D eigenvalue weighted by molar-refractivity contribution is 6.33. The third kappa shape index (κ3) is 5.52. The molecule has 0 amide bonds. The monoisotopic (exact) mass is 533 g/mol. The van der Waals surface area contributed by atoms with Crippen LogP contribution in [0.4, 0.5) is 27.8 Å². The minimum absolute atomic E-state index is 0.0654. The molecule has 5 heterocycles. The molecule has 0 radical (unpaired) electrons. The molecule has 1 unspecified atom stereocenters. The van der Waals surface area contributed by atoms with E-state index in [9.17, 15) is 14.3 Å². The number of halogens is 2. The van der Waals surface area contributed by atoms with Gasteiger partial charge in [-0.1, -0.05) is 11.6 Å². The van der Waals surface area contributed by atoms with Crippen LogP contribution in [0.3, 0.4) is 0 Å². The standard InChI is InChI=1S/C25H33ClFN7O3/c1-16-14-32(23-20(26)11-18(13-28-23)24(35)36)7-8-33(16)22-12-21(31-5-3-19(27)4-6-31)29-25(30-22)34-9-10-37-15-17(34)2/h11-13,16-17,19H,3-10,14-15H2,1-2H3,(H,35,36)/t16?,17-/m0/s1. The predicted octanol–water partition coefficient (Wildman–Crippen LogP) is 3.10. The van der Waals surface area contributed by atoms with E-state index in [2.05, 4.69) is 38.4 Å². The van der Waals surface area contributed by atoms with Gasteiger partial charge in [0.15, 0.2) is 0 Å². The van der Waals surface area contributed by atoms with Gasteiger partial charge in [0.25, 0.3) is 0 Å². The molecule has 3 aliphatic rings. The maximum absolute atomic E-state index is 13.8. The number of carboxylic acids is 1. The first-order valence-corrected chi connectivity index (χ1v) is 13.2. The first kappa shape index (κ1) is 25.7. The van der Waals surface area contributed by atoms with Gasteiger partial charge >= 0.3 is 5.97 Å². The van der Waals surface area contributed by atoms with E-state index in [1.54, 1.807) is 0 Å². The van der Waals surface area contributed by atoms with Gasteiger partial charge in [0.05, 0.1) is 29.8 Å². The Hall–Kier alpha value is -2.92. The molecule has 0 aliphatic carbocycles. The average Bonchev–Trinajstić information content (AvgIpc) is 2.89. The van der Waals surface area contributed by atoms with Gasteiger partial charge in [-0.05, 0) is 32.8 Å². The Balaban J connectivity index is 1.40. The summed E-state index contributed by atoms with van der Waals surface area (Å²) in [6.07, 6.45) is 1.60. The van der Waals surface area contributed by atoms with Crippen molar-refractivity contribution in [3.05, 3.63) is 28.9 Å². The molecule has 0 spiro atoms. The van der Waals surface area contributed by atoms with Crippen LogP contribution in [0.1, 0.15) is 37.0 Å². The molecule has 3 saturated heterocycles. The highest BCUT2D eigenvalue weighted by atomic mass is 35.5. The second-order valence-corrected chi connectivity index (χ2v) is 10.4. The van der Waals surface area contributed by atoms with Crippen molar-refractivity contribution in [1.82, 2.24) is 15.0 Å². The summed E-state index contributed by atoms with van der Waals surface area (Å²) < 4.78 is 19.5. The van der Waals surface area contributed by atoms with Gasteiger partial charge in [0, 0.05) is 57.6 Å². The number of morpholine rings is 1. The van der Waals surface area contributed by atoms with Crippen molar-refractivity contribution in [2.45, 2.75) is 44.9 Å². The Morgan fingerprint density at radius 3 is 2.46 bits per heavy atom. The van der Waals surface area contributed by atoms with Crippen LogP contribution >= 0.6 is 11.6 Å². The van der Waals surface area contributed by atoms with Crippen molar-refractivity contribution >= 4 is 41.0 Å². The zero-order valence-electron chi connectivity index (χ0n) is 21.2. The van der Waals surface area contributed by atoms with Gasteiger partial charge < -0.3 is 29.4 Å². The van der Waals surface area contributed by atoms with E-state index in [1.165, 1.54) is 12.3 Å². The van der Waals surface area contributed by atoms with E-state index in [-0.39, 0.29) is 17.6 Å². The number of rotatable bonds is 5. The lowest BCUT2D eigenvalue weighted by Crippen LogP contribution is -2.53. The van der Waals surface area contributed by atoms with E-state index in [0.29, 0.717) is 75.6 Å². The third-order valence-corrected chi connectivity index (χ3v) is 7.63. The molecule has 12 heteroatoms. The Morgan fingerprint density at radius 1 is 1.03 bits per heavy atom. The molecule has 2 aromatic heterocycles. The minimum Gasteiger partial charge on any atom is -0.478 e. The number of hydrogen-bond donors (Lipinski definition) is 1. The van der Waals surface area contributed by atoms with Crippen molar-refractivity contribution in [1.29, 1.82) is 0 Å². The first-order valence-electron chi connectivity index (χ1n) is 12.8. The summed E-state index contributed by atoms with van der Waals surface area (Å²) in [5.41, 5.74) is 0.0654. The molecule has 0 bridgehead atoms. The topological polar surface area (TPSA) is 98.2 Å². The molecule has 10 nitrogen and oxygen atoms in total. The number of piperidine rings is 1. The van der Waals surface area contributed by atoms with Crippen molar-refractivity contribution in [2.24, 2.45) is 0 Å². The number of ether oxygens (including phenoxy) is 1. The summed E-state index contributed by atoms with van der Waals surface area (Å²) in [5, 5.41) is 9.54. The zero-order valence-corrected chi connectivity index (χ0v) is 21.9. The number of nitrogens with zero attached hydrogens (tertiary/aromatic N) is 7. The summed E-state index contributed by atoms with van der Waals surface area (Å²) in [6.45, 7) is 9.46. The quantitative estimate of drug-likeness (QED) is 0.617. The lowest BCUT2D eigenvalue weighted by atomic mass is 10.1. The maximum atomic E-state index is 13.8. The largest absolute Gasteiger partial charge is 0.478 e. The number of piperazine rings is 1. The lowest BCUT2D eigenvalue weighted by molar-refractivity contribution is 0.0696. The fourth-order valence-electron chi connectivity index (χ4n) is 5.22. The van der Waals surface area contributed by atoms with Gasteiger partial charge in [0.1, 0.15) is 23.6 Å². The van der Waals surface area contributed by atoms with Crippen LogP contribution in [0.15, 0.2) is 18.3 Å². The molecule has 0 saturated carbocycles. The highest BCUT2D eigenvalue weighted by Crippen LogP contribution is 2.31. The molecule has 200 valence electrons. The predicted molar refractivity (Wildman–Crippen MR) is 141 cm³/mol. The Labute approximate surface area is 221 Å². The molecule has 3 aliphatic heterocycles. The fraction of sp³-hybridized carbons (Fsp3) is 0.600. The van der Waals surface area contributed by atoms with Gasteiger partial charge in [0.2, 0.25) is 5.95 Å². The SMILES string of the molecule is CC1CN(c2ncc(C(=O)O)cc2Cl)CCN1c1cc(N2CCC(F)CC2)nc(N2CCOC[C@@H]2C)n1. The maximum Gasteiger partial charge on any atom is 0.337 e. The van der Waals surface area contributed by atoms with E-state index in [4.69, 9.17) is 26.3 Å². The second kappa shape index (κ2) is 10.8. The Bertz CT molecular complexity index is 1130. The van der Waals surface area contributed by atoms with E-state index in [0.717, 1.165) is 18.2 Å². The summed E-state index contributed by atoms with van der Waals surface area (Å²) in [4.78, 5) is 34.2. The summed E-state index contributed by atoms with van der Waals surface area (Å²) in [5.74, 6) is 1.87. The van der Waals surface area contributed by atoms with Crippen LogP contribution in [0.2, 0.25) is 5.02 Å². The molecule has 2 atom stereocenters. The molecule has 5 rings (SSSR count). The first-order chi connectivity index (χ1) is 17.8. The molecule has 2 aromatic rings. The number of alkyl halides is 1. The highest BCUT2D eigenvalue weighted by Gasteiger charge is 2.30. The van der Waals surface area contributed by atoms with E-state index < -0.39 is 12.1 Å². The van der Waals surface area contributed by atoms with E-state index >= 15 is 0 Å². The van der Waals surface area contributed by atoms with Crippen molar-refractivity contribution < 1.29 is 19.0 Å². The van der Waals surface area contributed by atoms with Crippen LogP contribution in [0.25, 0.3) is 0 Å². The van der Waals surface area contributed by atoms with Gasteiger partial charge in [-0.3, -0.25) is 0 Å². The molecule has 3 fully saturated rings. The normalized spacial score (nSPS) is 23.5. The number of aromatic carboxylic acids is 1. The van der Waals surface area contributed by atoms with E-state index in [1.807, 2.05) is 6.07 Å².